The van der Waals surface area contributed by atoms with Crippen molar-refractivity contribution in [1.82, 2.24) is 0 Å². The van der Waals surface area contributed by atoms with Gasteiger partial charge in [-0.05, 0) is 44.5 Å². The van der Waals surface area contributed by atoms with E-state index in [1.807, 2.05) is 0 Å². The molecule has 3 rings (SSSR count). The van der Waals surface area contributed by atoms with E-state index in [4.69, 9.17) is 0 Å². The maximum absolute atomic E-state index is 2.29. The Labute approximate surface area is 121 Å². The minimum absolute atomic E-state index is 0.868. The van der Waals surface area contributed by atoms with Crippen LogP contribution in [0.25, 0.3) is 0 Å². The average molecular weight is 264 g/mol. The first-order chi connectivity index (χ1) is 9.63. The normalized spacial score (nSPS) is 14.2. The van der Waals surface area contributed by atoms with Crippen molar-refractivity contribution in [2.45, 2.75) is 20.8 Å². The van der Waals surface area contributed by atoms with Crippen molar-refractivity contribution in [2.24, 2.45) is 0 Å². The molecule has 0 aromatic heterocycles. The molecule has 0 saturated heterocycles. The first-order valence-electron chi connectivity index (χ1n) is 6.99. The molecule has 0 N–H and O–H groups in total. The fraction of sp³-hybridized carbons (Fsp3) is 0.222. The second-order valence-electron chi connectivity index (χ2n) is 5.50. The van der Waals surface area contributed by atoms with Gasteiger partial charge in [0.25, 0.3) is 0 Å². The third-order valence-corrected chi connectivity index (χ3v) is 3.76. The van der Waals surface area contributed by atoms with Crippen LogP contribution in [0.2, 0.25) is 0 Å². The van der Waals surface area contributed by atoms with Crippen LogP contribution in [0.1, 0.15) is 16.7 Å². The molecule has 20 heavy (non-hydrogen) atoms. The molecule has 1 heterocycles. The molecular weight excluding hydrogens is 244 g/mol. The van der Waals surface area contributed by atoms with E-state index >= 15 is 0 Å². The second kappa shape index (κ2) is 5.04. The summed E-state index contributed by atoms with van der Waals surface area (Å²) in [6.45, 7) is 7.29. The predicted molar refractivity (Wildman–Crippen MR) is 86.1 cm³/mol. The zero-order valence-corrected chi connectivity index (χ0v) is 12.3. The molecule has 0 saturated carbocycles. The lowest BCUT2D eigenvalue weighted by molar-refractivity contribution is 0.969. The number of rotatable bonds is 2. The fourth-order valence-corrected chi connectivity index (χ4v) is 2.61. The highest BCUT2D eigenvalue weighted by Crippen LogP contribution is 2.27. The number of hydrogen-bond donors (Lipinski definition) is 0. The standard InChI is InChI=1S/C18H20N2/c1-14-4-7-17(8-5-14)19-10-11-20(13-19)18-9-6-15(2)12-16(18)3/h4-12H,13H2,1-3H3. The molecule has 2 aromatic carbocycles. The predicted octanol–water partition coefficient (Wildman–Crippen LogP) is 4.37. The summed E-state index contributed by atoms with van der Waals surface area (Å²) in [7, 11) is 0. The van der Waals surface area contributed by atoms with Crippen molar-refractivity contribution in [3.63, 3.8) is 0 Å². The van der Waals surface area contributed by atoms with Crippen LogP contribution >= 0.6 is 0 Å². The first-order valence-corrected chi connectivity index (χ1v) is 6.99. The van der Waals surface area contributed by atoms with E-state index in [0.29, 0.717) is 0 Å². The maximum atomic E-state index is 2.29. The number of anilines is 2. The smallest absolute Gasteiger partial charge is 0.0989 e. The molecule has 2 heteroatoms. The van der Waals surface area contributed by atoms with Crippen molar-refractivity contribution in [3.05, 3.63) is 71.6 Å². The zero-order valence-electron chi connectivity index (χ0n) is 12.3. The van der Waals surface area contributed by atoms with Gasteiger partial charge in [-0.3, -0.25) is 0 Å². The van der Waals surface area contributed by atoms with Gasteiger partial charge in [0.05, 0.1) is 6.67 Å². The van der Waals surface area contributed by atoms with Crippen LogP contribution in [0.5, 0.6) is 0 Å². The Balaban J connectivity index is 1.80. The van der Waals surface area contributed by atoms with Crippen LogP contribution in [-0.4, -0.2) is 6.67 Å². The van der Waals surface area contributed by atoms with Crippen molar-refractivity contribution in [3.8, 4) is 0 Å². The molecule has 102 valence electrons. The Kier molecular flexibility index (Phi) is 3.23. The Morgan fingerprint density at radius 2 is 1.40 bits per heavy atom. The largest absolute Gasteiger partial charge is 0.328 e. The Hall–Kier alpha value is -2.22. The number of nitrogens with zero attached hydrogens (tertiary/aromatic N) is 2. The lowest BCUT2D eigenvalue weighted by Gasteiger charge is -2.23. The number of hydrogen-bond acceptors (Lipinski definition) is 2. The molecule has 0 bridgehead atoms. The lowest BCUT2D eigenvalue weighted by atomic mass is 10.1. The van der Waals surface area contributed by atoms with Gasteiger partial charge >= 0.3 is 0 Å². The van der Waals surface area contributed by atoms with Crippen LogP contribution in [0.4, 0.5) is 11.4 Å². The summed E-state index contributed by atoms with van der Waals surface area (Å²) in [5.74, 6) is 0. The van der Waals surface area contributed by atoms with E-state index in [0.717, 1.165) is 6.67 Å². The first kappa shape index (κ1) is 12.8. The molecule has 1 aliphatic rings. The van der Waals surface area contributed by atoms with Gasteiger partial charge in [0.2, 0.25) is 0 Å². The summed E-state index contributed by atoms with van der Waals surface area (Å²) in [6, 6.07) is 15.3. The third-order valence-electron chi connectivity index (χ3n) is 3.76. The van der Waals surface area contributed by atoms with Gasteiger partial charge in [0, 0.05) is 23.8 Å². The maximum Gasteiger partial charge on any atom is 0.0989 e. The van der Waals surface area contributed by atoms with Crippen LogP contribution < -0.4 is 9.80 Å². The van der Waals surface area contributed by atoms with E-state index in [1.54, 1.807) is 0 Å². The van der Waals surface area contributed by atoms with Gasteiger partial charge in [-0.15, -0.1) is 0 Å². The van der Waals surface area contributed by atoms with Gasteiger partial charge in [0.1, 0.15) is 0 Å². The van der Waals surface area contributed by atoms with E-state index in [9.17, 15) is 0 Å². The molecule has 0 spiro atoms. The summed E-state index contributed by atoms with van der Waals surface area (Å²) in [6.07, 6.45) is 4.29. The van der Waals surface area contributed by atoms with E-state index in [2.05, 4.69) is 85.4 Å². The molecule has 0 radical (unpaired) electrons. The van der Waals surface area contributed by atoms with E-state index in [-0.39, 0.29) is 0 Å². The molecule has 0 unspecified atom stereocenters. The summed E-state index contributed by atoms with van der Waals surface area (Å²) in [4.78, 5) is 4.55. The molecule has 0 fully saturated rings. The molecular formula is C18H20N2. The molecule has 1 aliphatic heterocycles. The highest BCUT2D eigenvalue weighted by Gasteiger charge is 2.16. The second-order valence-corrected chi connectivity index (χ2v) is 5.50. The minimum atomic E-state index is 0.868. The third kappa shape index (κ3) is 2.42. The summed E-state index contributed by atoms with van der Waals surface area (Å²) in [5, 5.41) is 0. The minimum Gasteiger partial charge on any atom is -0.328 e. The van der Waals surface area contributed by atoms with Crippen LogP contribution in [0.3, 0.4) is 0 Å². The fourth-order valence-electron chi connectivity index (χ4n) is 2.61. The van der Waals surface area contributed by atoms with Crippen molar-refractivity contribution in [2.75, 3.05) is 16.5 Å². The number of aryl methyl sites for hydroxylation is 3. The summed E-state index contributed by atoms with van der Waals surface area (Å²) in [5.41, 5.74) is 6.44. The summed E-state index contributed by atoms with van der Waals surface area (Å²) >= 11 is 0. The van der Waals surface area contributed by atoms with Crippen molar-refractivity contribution < 1.29 is 0 Å². The molecule has 0 aliphatic carbocycles. The van der Waals surface area contributed by atoms with Gasteiger partial charge in [-0.25, -0.2) is 0 Å². The van der Waals surface area contributed by atoms with E-state index < -0.39 is 0 Å². The van der Waals surface area contributed by atoms with Crippen LogP contribution in [0.15, 0.2) is 54.9 Å². The zero-order chi connectivity index (χ0) is 14.1. The molecule has 2 nitrogen and oxygen atoms in total. The lowest BCUT2D eigenvalue weighted by Crippen LogP contribution is -2.25. The SMILES string of the molecule is Cc1ccc(N2C=CN(c3ccc(C)cc3C)C2)cc1. The topological polar surface area (TPSA) is 6.48 Å². The van der Waals surface area contributed by atoms with E-state index in [1.165, 1.54) is 28.1 Å². The summed E-state index contributed by atoms with van der Waals surface area (Å²) < 4.78 is 0. The highest BCUT2D eigenvalue weighted by molar-refractivity contribution is 5.62. The molecule has 2 aromatic rings. The average Bonchev–Trinajstić information content (AvgIpc) is 2.89. The van der Waals surface area contributed by atoms with Crippen molar-refractivity contribution >= 4 is 11.4 Å². The Morgan fingerprint density at radius 1 is 0.750 bits per heavy atom. The van der Waals surface area contributed by atoms with Crippen LogP contribution in [-0.2, 0) is 0 Å². The quantitative estimate of drug-likeness (QED) is 0.795. The van der Waals surface area contributed by atoms with Crippen LogP contribution in [0, 0.1) is 20.8 Å². The van der Waals surface area contributed by atoms with Gasteiger partial charge < -0.3 is 9.80 Å². The van der Waals surface area contributed by atoms with Gasteiger partial charge in [-0.2, -0.15) is 0 Å². The Morgan fingerprint density at radius 3 is 2.10 bits per heavy atom. The Bertz CT molecular complexity index is 641. The number of benzene rings is 2. The van der Waals surface area contributed by atoms with Crippen molar-refractivity contribution in [1.29, 1.82) is 0 Å². The molecule has 0 atom stereocenters. The molecule has 0 amide bonds. The monoisotopic (exact) mass is 264 g/mol. The van der Waals surface area contributed by atoms with Gasteiger partial charge in [0.15, 0.2) is 0 Å². The highest BCUT2D eigenvalue weighted by atomic mass is 15.3. The van der Waals surface area contributed by atoms with Gasteiger partial charge in [-0.1, -0.05) is 35.4 Å².